The van der Waals surface area contributed by atoms with Crippen LogP contribution >= 0.6 is 0 Å². The lowest BCUT2D eigenvalue weighted by Gasteiger charge is -2.10. The summed E-state index contributed by atoms with van der Waals surface area (Å²) in [5.74, 6) is -0.221. The Morgan fingerprint density at radius 2 is 1.91 bits per heavy atom. The monoisotopic (exact) mass is 323 g/mol. The molecule has 2 aromatic rings. The Labute approximate surface area is 128 Å². The largest absolute Gasteiger partial charge is 0.324 e. The standard InChI is InChI=1S/C13H17N5O3S/c1-9-5-4-6-10(2)13(9)15-12(19)8-18-14-7-11(16-18)17-22(3,20)21/h4-7H,8H2,1-3H3,(H,15,19)(H,16,17). The van der Waals surface area contributed by atoms with E-state index < -0.39 is 10.0 Å². The fourth-order valence-corrected chi connectivity index (χ4v) is 2.40. The zero-order valence-electron chi connectivity index (χ0n) is 12.5. The van der Waals surface area contributed by atoms with Crippen molar-refractivity contribution in [3.05, 3.63) is 35.5 Å². The van der Waals surface area contributed by atoms with Crippen LogP contribution in [-0.4, -0.2) is 35.6 Å². The number of para-hydroxylation sites is 1. The van der Waals surface area contributed by atoms with Gasteiger partial charge in [0.05, 0.1) is 12.5 Å². The second-order valence-corrected chi connectivity index (χ2v) is 6.70. The number of carbonyl (C=O) groups is 1. The first-order chi connectivity index (χ1) is 10.2. The summed E-state index contributed by atoms with van der Waals surface area (Å²) in [6.45, 7) is 3.70. The van der Waals surface area contributed by atoms with Crippen LogP contribution in [0, 0.1) is 13.8 Å². The van der Waals surface area contributed by atoms with Gasteiger partial charge < -0.3 is 5.32 Å². The highest BCUT2D eigenvalue weighted by Gasteiger charge is 2.11. The molecule has 0 spiro atoms. The SMILES string of the molecule is Cc1cccc(C)c1NC(=O)Cn1ncc(NS(C)(=O)=O)n1. The molecule has 0 aliphatic heterocycles. The average molecular weight is 323 g/mol. The molecular formula is C13H17N5O3S. The zero-order chi connectivity index (χ0) is 16.3. The van der Waals surface area contributed by atoms with Crippen molar-refractivity contribution in [2.75, 3.05) is 16.3 Å². The Morgan fingerprint density at radius 1 is 1.27 bits per heavy atom. The van der Waals surface area contributed by atoms with E-state index in [1.807, 2.05) is 32.0 Å². The normalized spacial score (nSPS) is 11.2. The van der Waals surface area contributed by atoms with Crippen molar-refractivity contribution in [1.82, 2.24) is 15.0 Å². The van der Waals surface area contributed by atoms with E-state index in [4.69, 9.17) is 0 Å². The van der Waals surface area contributed by atoms with Crippen molar-refractivity contribution in [3.8, 4) is 0 Å². The fourth-order valence-electron chi connectivity index (χ4n) is 1.93. The summed E-state index contributed by atoms with van der Waals surface area (Å²) in [5, 5.41) is 10.5. The van der Waals surface area contributed by atoms with Gasteiger partial charge in [-0.05, 0) is 25.0 Å². The van der Waals surface area contributed by atoms with Crippen molar-refractivity contribution in [3.63, 3.8) is 0 Å². The third kappa shape index (κ3) is 4.29. The second-order valence-electron chi connectivity index (χ2n) is 4.95. The van der Waals surface area contributed by atoms with Crippen molar-refractivity contribution in [2.24, 2.45) is 0 Å². The van der Waals surface area contributed by atoms with Crippen molar-refractivity contribution in [1.29, 1.82) is 0 Å². The van der Waals surface area contributed by atoms with Crippen LogP contribution in [0.1, 0.15) is 11.1 Å². The van der Waals surface area contributed by atoms with Crippen LogP contribution < -0.4 is 10.0 Å². The van der Waals surface area contributed by atoms with Gasteiger partial charge in [0.25, 0.3) is 0 Å². The number of rotatable bonds is 5. The molecule has 1 aromatic heterocycles. The molecule has 9 heteroatoms. The van der Waals surface area contributed by atoms with Crippen LogP contribution in [0.25, 0.3) is 0 Å². The number of aryl methyl sites for hydroxylation is 2. The highest BCUT2D eigenvalue weighted by molar-refractivity contribution is 7.92. The van der Waals surface area contributed by atoms with Gasteiger partial charge >= 0.3 is 0 Å². The highest BCUT2D eigenvalue weighted by Crippen LogP contribution is 2.19. The van der Waals surface area contributed by atoms with Crippen LogP contribution in [0.2, 0.25) is 0 Å². The Kier molecular flexibility index (Phi) is 4.45. The van der Waals surface area contributed by atoms with E-state index in [1.54, 1.807) is 0 Å². The van der Waals surface area contributed by atoms with Crippen molar-refractivity contribution in [2.45, 2.75) is 20.4 Å². The highest BCUT2D eigenvalue weighted by atomic mass is 32.2. The molecule has 8 nitrogen and oxygen atoms in total. The van der Waals surface area contributed by atoms with Crippen LogP contribution in [0.15, 0.2) is 24.4 Å². The number of nitrogens with zero attached hydrogens (tertiary/aromatic N) is 3. The first-order valence-corrected chi connectivity index (χ1v) is 8.38. The number of hydrogen-bond acceptors (Lipinski definition) is 5. The molecule has 0 aliphatic carbocycles. The molecule has 118 valence electrons. The summed E-state index contributed by atoms with van der Waals surface area (Å²) >= 11 is 0. The van der Waals surface area contributed by atoms with Crippen LogP contribution in [-0.2, 0) is 21.4 Å². The minimum absolute atomic E-state index is 0.0716. The van der Waals surface area contributed by atoms with E-state index in [0.717, 1.165) is 27.9 Å². The van der Waals surface area contributed by atoms with Gasteiger partial charge in [0.1, 0.15) is 6.54 Å². The average Bonchev–Trinajstić information content (AvgIpc) is 2.79. The number of amides is 1. The first-order valence-electron chi connectivity index (χ1n) is 6.48. The van der Waals surface area contributed by atoms with Crippen LogP contribution in [0.3, 0.4) is 0 Å². The van der Waals surface area contributed by atoms with E-state index in [2.05, 4.69) is 20.2 Å². The third-order valence-corrected chi connectivity index (χ3v) is 3.44. The third-order valence-electron chi connectivity index (χ3n) is 2.86. The fraction of sp³-hybridized carbons (Fsp3) is 0.308. The Bertz CT molecular complexity index is 778. The molecule has 1 aromatic carbocycles. The number of hydrogen-bond donors (Lipinski definition) is 2. The molecule has 2 N–H and O–H groups in total. The van der Waals surface area contributed by atoms with Gasteiger partial charge in [-0.1, -0.05) is 18.2 Å². The summed E-state index contributed by atoms with van der Waals surface area (Å²) in [5.41, 5.74) is 2.68. The Balaban J connectivity index is 2.04. The maximum Gasteiger partial charge on any atom is 0.247 e. The topological polar surface area (TPSA) is 106 Å². The molecule has 0 unspecified atom stereocenters. The Hall–Kier alpha value is -2.42. The van der Waals surface area contributed by atoms with E-state index in [1.165, 1.54) is 6.20 Å². The number of benzene rings is 1. The number of carbonyl (C=O) groups excluding carboxylic acids is 1. The Morgan fingerprint density at radius 3 is 2.50 bits per heavy atom. The summed E-state index contributed by atoms with van der Waals surface area (Å²) in [6.07, 6.45) is 2.26. The molecule has 2 rings (SSSR count). The number of sulfonamides is 1. The number of anilines is 2. The summed E-state index contributed by atoms with van der Waals surface area (Å²) < 4.78 is 24.4. The molecule has 1 amide bonds. The molecule has 0 bridgehead atoms. The minimum atomic E-state index is -3.42. The molecule has 1 heterocycles. The van der Waals surface area contributed by atoms with Gasteiger partial charge in [-0.3, -0.25) is 9.52 Å². The second kappa shape index (κ2) is 6.14. The van der Waals surface area contributed by atoms with Crippen LogP contribution in [0.4, 0.5) is 11.5 Å². The van der Waals surface area contributed by atoms with E-state index in [0.29, 0.717) is 0 Å². The number of aromatic nitrogens is 3. The summed E-state index contributed by atoms with van der Waals surface area (Å²) in [4.78, 5) is 13.2. The molecular weight excluding hydrogens is 306 g/mol. The molecule has 0 aliphatic rings. The van der Waals surface area contributed by atoms with Crippen LogP contribution in [0.5, 0.6) is 0 Å². The lowest BCUT2D eigenvalue weighted by Crippen LogP contribution is -2.21. The lowest BCUT2D eigenvalue weighted by molar-refractivity contribution is -0.117. The smallest absolute Gasteiger partial charge is 0.247 e. The maximum atomic E-state index is 12.0. The van der Waals surface area contributed by atoms with Gasteiger partial charge in [-0.25, -0.2) is 8.42 Å². The first kappa shape index (κ1) is 16.0. The quantitative estimate of drug-likeness (QED) is 0.850. The predicted molar refractivity (Wildman–Crippen MR) is 83.0 cm³/mol. The van der Waals surface area contributed by atoms with Crippen molar-refractivity contribution < 1.29 is 13.2 Å². The number of nitrogens with one attached hydrogen (secondary N) is 2. The molecule has 0 fully saturated rings. The van der Waals surface area contributed by atoms with Gasteiger partial charge in [0.2, 0.25) is 15.9 Å². The van der Waals surface area contributed by atoms with Crippen molar-refractivity contribution >= 4 is 27.4 Å². The predicted octanol–water partition coefficient (Wildman–Crippen LogP) is 0.905. The lowest BCUT2D eigenvalue weighted by atomic mass is 10.1. The maximum absolute atomic E-state index is 12.0. The van der Waals surface area contributed by atoms with Gasteiger partial charge in [0.15, 0.2) is 5.82 Å². The zero-order valence-corrected chi connectivity index (χ0v) is 13.3. The van der Waals surface area contributed by atoms with E-state index in [-0.39, 0.29) is 18.3 Å². The van der Waals surface area contributed by atoms with E-state index in [9.17, 15) is 13.2 Å². The summed E-state index contributed by atoms with van der Waals surface area (Å²) in [6, 6.07) is 5.73. The summed E-state index contributed by atoms with van der Waals surface area (Å²) in [7, 11) is -3.42. The van der Waals surface area contributed by atoms with E-state index >= 15 is 0 Å². The molecule has 0 saturated carbocycles. The van der Waals surface area contributed by atoms with Gasteiger partial charge in [-0.2, -0.15) is 9.90 Å². The molecule has 0 radical (unpaired) electrons. The minimum Gasteiger partial charge on any atom is -0.324 e. The van der Waals surface area contributed by atoms with Gasteiger partial charge in [-0.15, -0.1) is 5.10 Å². The molecule has 0 atom stereocenters. The molecule has 0 saturated heterocycles. The molecule has 22 heavy (non-hydrogen) atoms. The van der Waals surface area contributed by atoms with Gasteiger partial charge in [0, 0.05) is 5.69 Å².